The minimum absolute atomic E-state index is 0.242. The molecule has 1 aromatic heterocycles. The molecule has 2 rings (SSSR count). The summed E-state index contributed by atoms with van der Waals surface area (Å²) in [5.74, 6) is -0.866. The smallest absolute Gasteiger partial charge is 0.347 e. The van der Waals surface area contributed by atoms with E-state index in [0.29, 0.717) is 10.6 Å². The van der Waals surface area contributed by atoms with Gasteiger partial charge in [-0.1, -0.05) is 46.0 Å². The first kappa shape index (κ1) is 15.3. The molecule has 0 aliphatic carbocycles. The maximum absolute atomic E-state index is 11.4. The van der Waals surface area contributed by atoms with Gasteiger partial charge in [-0.15, -0.1) is 0 Å². The minimum Gasteiger partial charge on any atom is -0.477 e. The molecule has 1 fully saturated rings. The molecule has 5 heteroatoms. The summed E-state index contributed by atoms with van der Waals surface area (Å²) in [6.07, 6.45) is 2.35. The Bertz CT molecular complexity index is 514. The highest BCUT2D eigenvalue weighted by molar-refractivity contribution is 7.17. The van der Waals surface area contributed by atoms with E-state index in [1.165, 1.54) is 17.8 Å². The van der Waals surface area contributed by atoms with Crippen LogP contribution in [0.2, 0.25) is 0 Å². The van der Waals surface area contributed by atoms with Crippen LogP contribution < -0.4 is 4.90 Å². The van der Waals surface area contributed by atoms with Gasteiger partial charge in [0.05, 0.1) is 5.69 Å². The number of rotatable bonds is 2. The van der Waals surface area contributed by atoms with E-state index in [4.69, 9.17) is 0 Å². The van der Waals surface area contributed by atoms with E-state index < -0.39 is 5.97 Å². The van der Waals surface area contributed by atoms with Crippen molar-refractivity contribution in [2.45, 2.75) is 52.9 Å². The monoisotopic (exact) mass is 296 g/mol. The fourth-order valence-electron chi connectivity index (χ4n) is 2.68. The largest absolute Gasteiger partial charge is 0.477 e. The number of thiazole rings is 1. The minimum atomic E-state index is -0.866. The lowest BCUT2D eigenvalue weighted by Gasteiger charge is -2.37. The molecule has 0 unspecified atom stereocenters. The maximum Gasteiger partial charge on any atom is 0.347 e. The predicted molar refractivity (Wildman–Crippen MR) is 83.0 cm³/mol. The number of carboxylic acid groups (broad SMARTS) is 1. The van der Waals surface area contributed by atoms with Crippen LogP contribution in [0.5, 0.6) is 0 Å². The zero-order chi connectivity index (χ0) is 15.1. The van der Waals surface area contributed by atoms with E-state index in [0.717, 1.165) is 24.6 Å². The molecule has 1 aliphatic rings. The molecule has 1 aromatic rings. The first-order valence-electron chi connectivity index (χ1n) is 7.10. The quantitative estimate of drug-likeness (QED) is 0.902. The number of aromatic nitrogens is 1. The average Bonchev–Trinajstić information content (AvgIpc) is 2.71. The van der Waals surface area contributed by atoms with E-state index in [2.05, 4.69) is 23.7 Å². The standard InChI is InChI=1S/C15H24N2O2S/c1-14(2,3)11-10(12(18)19)20-13(16-11)17-8-6-7-15(4,5)9-17/h6-9H2,1-5H3,(H,18,19). The van der Waals surface area contributed by atoms with Crippen LogP contribution in [0, 0.1) is 5.41 Å². The number of carboxylic acids is 1. The number of carbonyl (C=O) groups is 1. The van der Waals surface area contributed by atoms with Crippen molar-refractivity contribution in [2.75, 3.05) is 18.0 Å². The Morgan fingerprint density at radius 1 is 1.40 bits per heavy atom. The summed E-state index contributed by atoms with van der Waals surface area (Å²) in [5.41, 5.74) is 0.733. The van der Waals surface area contributed by atoms with Crippen LogP contribution in [0.15, 0.2) is 0 Å². The second-order valence-electron chi connectivity index (χ2n) is 7.42. The van der Waals surface area contributed by atoms with E-state index in [1.807, 2.05) is 20.8 Å². The molecular weight excluding hydrogens is 272 g/mol. The molecule has 0 spiro atoms. The predicted octanol–water partition coefficient (Wildman–Crippen LogP) is 3.77. The van der Waals surface area contributed by atoms with Crippen LogP contribution in [0.25, 0.3) is 0 Å². The molecule has 1 N–H and O–H groups in total. The fraction of sp³-hybridized carbons (Fsp3) is 0.733. The zero-order valence-corrected chi connectivity index (χ0v) is 13.8. The first-order valence-corrected chi connectivity index (χ1v) is 7.91. The Morgan fingerprint density at radius 2 is 2.05 bits per heavy atom. The SMILES string of the molecule is CC1(C)CCCN(c2nc(C(C)(C)C)c(C(=O)O)s2)C1. The van der Waals surface area contributed by atoms with E-state index in [9.17, 15) is 9.90 Å². The van der Waals surface area contributed by atoms with E-state index in [-0.39, 0.29) is 10.8 Å². The van der Waals surface area contributed by atoms with Gasteiger partial charge in [0, 0.05) is 18.5 Å². The van der Waals surface area contributed by atoms with Gasteiger partial charge >= 0.3 is 5.97 Å². The molecule has 2 heterocycles. The summed E-state index contributed by atoms with van der Waals surface area (Å²) in [6, 6.07) is 0. The topological polar surface area (TPSA) is 53.4 Å². The average molecular weight is 296 g/mol. The lowest BCUT2D eigenvalue weighted by Crippen LogP contribution is -2.40. The van der Waals surface area contributed by atoms with Crippen LogP contribution in [0.1, 0.15) is 62.8 Å². The van der Waals surface area contributed by atoms with Gasteiger partial charge in [-0.05, 0) is 18.3 Å². The number of hydrogen-bond donors (Lipinski definition) is 1. The number of anilines is 1. The fourth-order valence-corrected chi connectivity index (χ4v) is 3.82. The Hall–Kier alpha value is -1.10. The molecule has 112 valence electrons. The third-order valence-corrected chi connectivity index (χ3v) is 4.80. The lowest BCUT2D eigenvalue weighted by atomic mass is 9.84. The molecule has 1 aliphatic heterocycles. The highest BCUT2D eigenvalue weighted by atomic mass is 32.1. The van der Waals surface area contributed by atoms with Crippen LogP contribution in [-0.4, -0.2) is 29.1 Å². The summed E-state index contributed by atoms with van der Waals surface area (Å²) in [5, 5.41) is 10.3. The van der Waals surface area contributed by atoms with Gasteiger partial charge in [-0.2, -0.15) is 0 Å². The first-order chi connectivity index (χ1) is 9.10. The molecule has 0 amide bonds. The van der Waals surface area contributed by atoms with Gasteiger partial charge in [0.1, 0.15) is 4.88 Å². The molecule has 0 radical (unpaired) electrons. The highest BCUT2D eigenvalue weighted by Gasteiger charge is 2.32. The highest BCUT2D eigenvalue weighted by Crippen LogP contribution is 2.37. The van der Waals surface area contributed by atoms with Gasteiger partial charge in [-0.25, -0.2) is 9.78 Å². The Balaban J connectivity index is 2.36. The Morgan fingerprint density at radius 3 is 2.50 bits per heavy atom. The van der Waals surface area contributed by atoms with Crippen molar-refractivity contribution in [3.63, 3.8) is 0 Å². The Kier molecular flexibility index (Phi) is 3.84. The molecule has 0 bridgehead atoms. The third-order valence-electron chi connectivity index (χ3n) is 3.69. The second kappa shape index (κ2) is 5.02. The number of aromatic carboxylic acids is 1. The summed E-state index contributed by atoms with van der Waals surface area (Å²) in [6.45, 7) is 12.5. The molecule has 0 atom stereocenters. The summed E-state index contributed by atoms with van der Waals surface area (Å²) in [7, 11) is 0. The van der Waals surface area contributed by atoms with Crippen molar-refractivity contribution in [1.82, 2.24) is 4.98 Å². The van der Waals surface area contributed by atoms with Crippen LogP contribution in [-0.2, 0) is 5.41 Å². The van der Waals surface area contributed by atoms with Crippen molar-refractivity contribution >= 4 is 22.4 Å². The normalized spacial score (nSPS) is 19.1. The van der Waals surface area contributed by atoms with Crippen molar-refractivity contribution in [3.05, 3.63) is 10.6 Å². The van der Waals surface area contributed by atoms with Crippen molar-refractivity contribution in [3.8, 4) is 0 Å². The van der Waals surface area contributed by atoms with E-state index >= 15 is 0 Å². The summed E-state index contributed by atoms with van der Waals surface area (Å²) in [4.78, 5) is 18.7. The van der Waals surface area contributed by atoms with Crippen LogP contribution in [0.3, 0.4) is 0 Å². The van der Waals surface area contributed by atoms with Crippen LogP contribution in [0.4, 0.5) is 5.13 Å². The molecule has 0 aromatic carbocycles. The molecular formula is C15H24N2O2S. The molecule has 0 saturated carbocycles. The molecule has 20 heavy (non-hydrogen) atoms. The molecule has 4 nitrogen and oxygen atoms in total. The van der Waals surface area contributed by atoms with E-state index in [1.54, 1.807) is 0 Å². The maximum atomic E-state index is 11.4. The summed E-state index contributed by atoms with van der Waals surface area (Å²) < 4.78 is 0. The number of piperidine rings is 1. The molecule has 1 saturated heterocycles. The summed E-state index contributed by atoms with van der Waals surface area (Å²) >= 11 is 1.32. The third kappa shape index (κ3) is 3.14. The number of hydrogen-bond acceptors (Lipinski definition) is 4. The van der Waals surface area contributed by atoms with Gasteiger partial charge in [-0.3, -0.25) is 0 Å². The zero-order valence-electron chi connectivity index (χ0n) is 13.0. The van der Waals surface area contributed by atoms with Crippen LogP contribution >= 0.6 is 11.3 Å². The van der Waals surface area contributed by atoms with Gasteiger partial charge < -0.3 is 10.0 Å². The van der Waals surface area contributed by atoms with Crippen molar-refractivity contribution in [2.24, 2.45) is 5.41 Å². The number of nitrogens with zero attached hydrogens (tertiary/aromatic N) is 2. The second-order valence-corrected chi connectivity index (χ2v) is 8.40. The van der Waals surface area contributed by atoms with Crippen molar-refractivity contribution in [1.29, 1.82) is 0 Å². The Labute approximate surface area is 124 Å². The van der Waals surface area contributed by atoms with Crippen molar-refractivity contribution < 1.29 is 9.90 Å². The van der Waals surface area contributed by atoms with Gasteiger partial charge in [0.15, 0.2) is 5.13 Å². The van der Waals surface area contributed by atoms with Gasteiger partial charge in [0.25, 0.3) is 0 Å². The van der Waals surface area contributed by atoms with Gasteiger partial charge in [0.2, 0.25) is 0 Å². The lowest BCUT2D eigenvalue weighted by molar-refractivity contribution is 0.0699.